The molecule has 0 saturated heterocycles. The Labute approximate surface area is 173 Å². The van der Waals surface area contributed by atoms with Gasteiger partial charge in [0.1, 0.15) is 18.0 Å². The summed E-state index contributed by atoms with van der Waals surface area (Å²) in [6, 6.07) is 12.1. The Morgan fingerprint density at radius 2 is 1.67 bits per heavy atom. The Balaban J connectivity index is 1.56. The van der Waals surface area contributed by atoms with Gasteiger partial charge < -0.3 is 24.5 Å². The molecule has 2 N–H and O–H groups in total. The predicted molar refractivity (Wildman–Crippen MR) is 110 cm³/mol. The van der Waals surface area contributed by atoms with Gasteiger partial charge in [0, 0.05) is 33.8 Å². The Hall–Kier alpha value is -3.81. The number of para-hydroxylation sites is 1. The number of ketones is 1. The standard InChI is InChI=1S/C22H22N2O6/c1-13-21(17-6-4-5-7-18(17)24-13)19(25)12-30-20(26)11-23-22(27)14-8-15(28-2)10-16(9-14)29-3/h4-10,24H,11-12H2,1-3H3,(H,23,27). The van der Waals surface area contributed by atoms with E-state index < -0.39 is 18.5 Å². The van der Waals surface area contributed by atoms with Crippen LogP contribution >= 0.6 is 0 Å². The number of hydrogen-bond acceptors (Lipinski definition) is 6. The third-order valence-electron chi connectivity index (χ3n) is 4.54. The van der Waals surface area contributed by atoms with Crippen LogP contribution in [-0.4, -0.2) is 50.0 Å². The van der Waals surface area contributed by atoms with Gasteiger partial charge in [-0.1, -0.05) is 18.2 Å². The van der Waals surface area contributed by atoms with E-state index in [-0.39, 0.29) is 17.9 Å². The normalized spacial score (nSPS) is 10.5. The van der Waals surface area contributed by atoms with Gasteiger partial charge in [-0.2, -0.15) is 0 Å². The highest BCUT2D eigenvalue weighted by molar-refractivity contribution is 6.10. The first-order valence-electron chi connectivity index (χ1n) is 9.20. The summed E-state index contributed by atoms with van der Waals surface area (Å²) in [5.41, 5.74) is 2.30. The first kappa shape index (κ1) is 20.9. The third-order valence-corrected chi connectivity index (χ3v) is 4.54. The second kappa shape index (κ2) is 9.13. The number of amides is 1. The van der Waals surface area contributed by atoms with E-state index in [9.17, 15) is 14.4 Å². The van der Waals surface area contributed by atoms with Gasteiger partial charge >= 0.3 is 5.97 Å². The Kier molecular flexibility index (Phi) is 6.36. The van der Waals surface area contributed by atoms with Crippen LogP contribution in [0.4, 0.5) is 0 Å². The van der Waals surface area contributed by atoms with Crippen LogP contribution in [0, 0.1) is 6.92 Å². The lowest BCUT2D eigenvalue weighted by atomic mass is 10.1. The number of aryl methyl sites for hydroxylation is 1. The molecule has 8 nitrogen and oxygen atoms in total. The molecule has 30 heavy (non-hydrogen) atoms. The summed E-state index contributed by atoms with van der Waals surface area (Å²) in [7, 11) is 2.94. The number of aromatic amines is 1. The van der Waals surface area contributed by atoms with Crippen molar-refractivity contribution in [2.24, 2.45) is 0 Å². The first-order chi connectivity index (χ1) is 14.4. The molecule has 156 valence electrons. The molecule has 1 amide bonds. The van der Waals surface area contributed by atoms with Gasteiger partial charge in [0.15, 0.2) is 6.61 Å². The quantitative estimate of drug-likeness (QED) is 0.437. The Bertz CT molecular complexity index is 1080. The summed E-state index contributed by atoms with van der Waals surface area (Å²) < 4.78 is 15.3. The van der Waals surface area contributed by atoms with Crippen molar-refractivity contribution in [2.75, 3.05) is 27.4 Å². The molecular formula is C22H22N2O6. The van der Waals surface area contributed by atoms with Crippen LogP contribution in [0.3, 0.4) is 0 Å². The van der Waals surface area contributed by atoms with E-state index in [0.717, 1.165) is 10.9 Å². The molecular weight excluding hydrogens is 388 g/mol. The first-order valence-corrected chi connectivity index (χ1v) is 9.20. The molecule has 0 aliphatic carbocycles. The monoisotopic (exact) mass is 410 g/mol. The van der Waals surface area contributed by atoms with E-state index in [2.05, 4.69) is 10.3 Å². The number of hydrogen-bond donors (Lipinski definition) is 2. The molecule has 0 saturated carbocycles. The second-order valence-corrected chi connectivity index (χ2v) is 6.54. The minimum atomic E-state index is -0.718. The molecule has 0 aliphatic rings. The maximum atomic E-state index is 12.5. The summed E-state index contributed by atoms with van der Waals surface area (Å²) in [6.07, 6.45) is 0. The number of Topliss-reactive ketones (excluding diaryl/α,β-unsaturated/α-hetero) is 1. The maximum Gasteiger partial charge on any atom is 0.325 e. The molecule has 1 heterocycles. The lowest BCUT2D eigenvalue weighted by Gasteiger charge is -2.09. The number of carbonyl (C=O) groups is 3. The number of H-pyrrole nitrogens is 1. The van der Waals surface area contributed by atoms with Gasteiger partial charge in [-0.25, -0.2) is 0 Å². The topological polar surface area (TPSA) is 107 Å². The molecule has 3 rings (SSSR count). The van der Waals surface area contributed by atoms with E-state index >= 15 is 0 Å². The maximum absolute atomic E-state index is 12.5. The molecule has 0 fully saturated rings. The van der Waals surface area contributed by atoms with Crippen molar-refractivity contribution in [3.63, 3.8) is 0 Å². The van der Waals surface area contributed by atoms with Crippen molar-refractivity contribution >= 4 is 28.6 Å². The number of rotatable bonds is 8. The minimum absolute atomic E-state index is 0.268. The molecule has 0 radical (unpaired) electrons. The highest BCUT2D eigenvalue weighted by Crippen LogP contribution is 2.23. The van der Waals surface area contributed by atoms with Crippen molar-refractivity contribution in [3.05, 3.63) is 59.3 Å². The highest BCUT2D eigenvalue weighted by Gasteiger charge is 2.18. The fourth-order valence-electron chi connectivity index (χ4n) is 3.10. The number of carbonyl (C=O) groups excluding carboxylic acids is 3. The largest absolute Gasteiger partial charge is 0.497 e. The summed E-state index contributed by atoms with van der Waals surface area (Å²) in [4.78, 5) is 40.0. The molecule has 0 bridgehead atoms. The van der Waals surface area contributed by atoms with E-state index in [1.165, 1.54) is 26.4 Å². The highest BCUT2D eigenvalue weighted by atomic mass is 16.5. The zero-order valence-corrected chi connectivity index (χ0v) is 16.9. The average molecular weight is 410 g/mol. The number of esters is 1. The minimum Gasteiger partial charge on any atom is -0.497 e. The predicted octanol–water partition coefficient (Wildman–Crippen LogP) is 2.65. The number of nitrogens with one attached hydrogen (secondary N) is 2. The molecule has 1 aromatic heterocycles. The van der Waals surface area contributed by atoms with Gasteiger partial charge in [0.25, 0.3) is 5.91 Å². The smallest absolute Gasteiger partial charge is 0.325 e. The van der Waals surface area contributed by atoms with Crippen molar-refractivity contribution in [1.82, 2.24) is 10.3 Å². The summed E-state index contributed by atoms with van der Waals surface area (Å²) in [5, 5.41) is 3.23. The van der Waals surface area contributed by atoms with Crippen LogP contribution in [0.25, 0.3) is 10.9 Å². The van der Waals surface area contributed by atoms with Crippen molar-refractivity contribution in [3.8, 4) is 11.5 Å². The van der Waals surface area contributed by atoms with Crippen LogP contribution in [0.5, 0.6) is 11.5 Å². The molecule has 8 heteroatoms. The van der Waals surface area contributed by atoms with Gasteiger partial charge in [0.05, 0.1) is 14.2 Å². The van der Waals surface area contributed by atoms with Crippen molar-refractivity contribution < 1.29 is 28.6 Å². The van der Waals surface area contributed by atoms with E-state index in [4.69, 9.17) is 14.2 Å². The SMILES string of the molecule is COc1cc(OC)cc(C(=O)NCC(=O)OCC(=O)c2c(C)[nH]c3ccccc23)c1. The molecule has 3 aromatic rings. The van der Waals surface area contributed by atoms with Gasteiger partial charge in [-0.3, -0.25) is 14.4 Å². The van der Waals surface area contributed by atoms with Gasteiger partial charge in [-0.05, 0) is 25.1 Å². The van der Waals surface area contributed by atoms with Crippen LogP contribution < -0.4 is 14.8 Å². The summed E-state index contributed by atoms with van der Waals surface area (Å²) in [5.74, 6) is -0.641. The fourth-order valence-corrected chi connectivity index (χ4v) is 3.10. The summed E-state index contributed by atoms with van der Waals surface area (Å²) in [6.45, 7) is 1.00. The van der Waals surface area contributed by atoms with Crippen LogP contribution in [0.1, 0.15) is 26.4 Å². The lowest BCUT2D eigenvalue weighted by molar-refractivity contribution is -0.141. The molecule has 2 aromatic carbocycles. The summed E-state index contributed by atoms with van der Waals surface area (Å²) >= 11 is 0. The van der Waals surface area contributed by atoms with E-state index in [1.54, 1.807) is 13.0 Å². The van der Waals surface area contributed by atoms with Crippen LogP contribution in [-0.2, 0) is 9.53 Å². The number of fused-ring (bicyclic) bond motifs is 1. The molecule has 0 aliphatic heterocycles. The third kappa shape index (κ3) is 4.60. The number of aromatic nitrogens is 1. The van der Waals surface area contributed by atoms with Crippen LogP contribution in [0.15, 0.2) is 42.5 Å². The molecule has 0 spiro atoms. The lowest BCUT2D eigenvalue weighted by Crippen LogP contribution is -2.31. The number of ether oxygens (including phenoxy) is 3. The van der Waals surface area contributed by atoms with Gasteiger partial charge in [-0.15, -0.1) is 0 Å². The Morgan fingerprint density at radius 1 is 1.00 bits per heavy atom. The average Bonchev–Trinajstić information content (AvgIpc) is 3.10. The Morgan fingerprint density at radius 3 is 2.33 bits per heavy atom. The fraction of sp³-hybridized carbons (Fsp3) is 0.227. The van der Waals surface area contributed by atoms with Crippen LogP contribution in [0.2, 0.25) is 0 Å². The zero-order chi connectivity index (χ0) is 21.7. The van der Waals surface area contributed by atoms with Gasteiger partial charge in [0.2, 0.25) is 5.78 Å². The van der Waals surface area contributed by atoms with E-state index in [0.29, 0.717) is 22.8 Å². The van der Waals surface area contributed by atoms with Crippen molar-refractivity contribution in [1.29, 1.82) is 0 Å². The molecule has 0 atom stereocenters. The van der Waals surface area contributed by atoms with E-state index in [1.807, 2.05) is 24.3 Å². The van der Waals surface area contributed by atoms with Crippen molar-refractivity contribution in [2.45, 2.75) is 6.92 Å². The number of benzene rings is 2. The second-order valence-electron chi connectivity index (χ2n) is 6.54. The molecule has 0 unspecified atom stereocenters. The number of methoxy groups -OCH3 is 2. The zero-order valence-electron chi connectivity index (χ0n) is 16.9.